The molecule has 0 nitrogen and oxygen atoms in total. The maximum absolute atomic E-state index is 12.4. The van der Waals surface area contributed by atoms with Crippen molar-refractivity contribution in [3.8, 4) is 11.1 Å². The molecule has 0 aliphatic heterocycles. The highest BCUT2D eigenvalue weighted by Gasteiger charge is 2.29. The van der Waals surface area contributed by atoms with E-state index in [1.807, 2.05) is 31.2 Å². The lowest BCUT2D eigenvalue weighted by Crippen LogP contribution is -2.03. The van der Waals surface area contributed by atoms with Gasteiger partial charge in [0, 0.05) is 0 Å². The summed E-state index contributed by atoms with van der Waals surface area (Å²) in [6.45, 7) is 1.97. The average molecular weight is 236 g/mol. The smallest absolute Gasteiger partial charge is 0.166 e. The summed E-state index contributed by atoms with van der Waals surface area (Å²) in [6.07, 6.45) is -4.27. The highest BCUT2D eigenvalue weighted by molar-refractivity contribution is 5.64. The van der Waals surface area contributed by atoms with Crippen molar-refractivity contribution in [3.05, 3.63) is 59.7 Å². The Morgan fingerprint density at radius 2 is 1.12 bits per heavy atom. The average Bonchev–Trinajstić information content (AvgIpc) is 2.29. The van der Waals surface area contributed by atoms with Crippen LogP contribution in [0.2, 0.25) is 0 Å². The summed E-state index contributed by atoms with van der Waals surface area (Å²) >= 11 is 0. The van der Waals surface area contributed by atoms with Crippen LogP contribution >= 0.6 is 0 Å². The van der Waals surface area contributed by atoms with Crippen LogP contribution in [0.4, 0.5) is 13.2 Å². The zero-order valence-corrected chi connectivity index (χ0v) is 9.25. The van der Waals surface area contributed by atoms with Crippen molar-refractivity contribution < 1.29 is 13.2 Å². The minimum atomic E-state index is -4.27. The largest absolute Gasteiger partial charge is 0.416 e. The summed E-state index contributed by atoms with van der Waals surface area (Å²) in [5, 5.41) is 0. The summed E-state index contributed by atoms with van der Waals surface area (Å²) in [5.74, 6) is 0. The first-order valence-corrected chi connectivity index (χ1v) is 5.21. The van der Waals surface area contributed by atoms with Gasteiger partial charge in [-0.25, -0.2) is 0 Å². The highest BCUT2D eigenvalue weighted by atomic mass is 19.4. The van der Waals surface area contributed by atoms with E-state index in [4.69, 9.17) is 0 Å². The van der Waals surface area contributed by atoms with E-state index in [9.17, 15) is 13.2 Å². The number of benzene rings is 2. The molecule has 0 radical (unpaired) electrons. The molecule has 2 aromatic rings. The zero-order chi connectivity index (χ0) is 12.5. The molecule has 0 aliphatic rings. The molecular weight excluding hydrogens is 225 g/mol. The fourth-order valence-electron chi connectivity index (χ4n) is 1.60. The maximum Gasteiger partial charge on any atom is 0.416 e. The molecule has 0 aromatic heterocycles. The van der Waals surface area contributed by atoms with Crippen LogP contribution in [0.5, 0.6) is 0 Å². The molecule has 0 N–H and O–H groups in total. The molecule has 0 saturated heterocycles. The molecule has 0 atom stereocenters. The topological polar surface area (TPSA) is 0 Å². The van der Waals surface area contributed by atoms with E-state index in [1.165, 1.54) is 12.1 Å². The number of rotatable bonds is 1. The van der Waals surface area contributed by atoms with Crippen LogP contribution in [-0.4, -0.2) is 0 Å². The molecule has 0 bridgehead atoms. The molecule has 3 heteroatoms. The second-order valence-electron chi connectivity index (χ2n) is 3.94. The van der Waals surface area contributed by atoms with E-state index in [0.29, 0.717) is 0 Å². The predicted octanol–water partition coefficient (Wildman–Crippen LogP) is 4.68. The van der Waals surface area contributed by atoms with E-state index in [0.717, 1.165) is 28.8 Å². The van der Waals surface area contributed by atoms with Gasteiger partial charge in [0.05, 0.1) is 5.56 Å². The molecule has 2 rings (SSSR count). The van der Waals surface area contributed by atoms with Gasteiger partial charge in [-0.3, -0.25) is 0 Å². The molecule has 0 spiro atoms. The van der Waals surface area contributed by atoms with Crippen LogP contribution in [0.3, 0.4) is 0 Å². The SMILES string of the molecule is Cc1ccc(-c2ccc(C(F)(F)F)cc2)cc1. The molecule has 0 unspecified atom stereocenters. The molecule has 0 amide bonds. The molecule has 17 heavy (non-hydrogen) atoms. The first kappa shape index (κ1) is 11.7. The second-order valence-corrected chi connectivity index (χ2v) is 3.94. The van der Waals surface area contributed by atoms with Crippen molar-refractivity contribution in [3.63, 3.8) is 0 Å². The van der Waals surface area contributed by atoms with Gasteiger partial charge in [-0.05, 0) is 30.2 Å². The monoisotopic (exact) mass is 236 g/mol. The lowest BCUT2D eigenvalue weighted by Gasteiger charge is -2.07. The Morgan fingerprint density at radius 3 is 1.53 bits per heavy atom. The first-order valence-electron chi connectivity index (χ1n) is 5.21. The van der Waals surface area contributed by atoms with Gasteiger partial charge in [-0.1, -0.05) is 42.0 Å². The minimum Gasteiger partial charge on any atom is -0.166 e. The van der Waals surface area contributed by atoms with E-state index in [2.05, 4.69) is 0 Å². The number of halogens is 3. The Morgan fingerprint density at radius 1 is 0.706 bits per heavy atom. The zero-order valence-electron chi connectivity index (χ0n) is 9.25. The van der Waals surface area contributed by atoms with Crippen molar-refractivity contribution >= 4 is 0 Å². The lowest BCUT2D eigenvalue weighted by molar-refractivity contribution is -0.137. The quantitative estimate of drug-likeness (QED) is 0.674. The Labute approximate surface area is 97.7 Å². The Balaban J connectivity index is 2.33. The van der Waals surface area contributed by atoms with E-state index in [-0.39, 0.29) is 0 Å². The van der Waals surface area contributed by atoms with Crippen LogP contribution in [0.25, 0.3) is 11.1 Å². The standard InChI is InChI=1S/C14H11F3/c1-10-2-4-11(5-3-10)12-6-8-13(9-7-12)14(15,16)17/h2-9H,1H3. The van der Waals surface area contributed by atoms with Gasteiger partial charge >= 0.3 is 6.18 Å². The van der Waals surface area contributed by atoms with Gasteiger partial charge < -0.3 is 0 Å². The van der Waals surface area contributed by atoms with Crippen LogP contribution in [0.15, 0.2) is 48.5 Å². The first-order chi connectivity index (χ1) is 7.97. The molecule has 0 heterocycles. The Bertz CT molecular complexity index is 492. The third-order valence-corrected chi connectivity index (χ3v) is 2.60. The van der Waals surface area contributed by atoms with Gasteiger partial charge in [-0.15, -0.1) is 0 Å². The molecule has 0 saturated carbocycles. The van der Waals surface area contributed by atoms with Crippen molar-refractivity contribution in [1.82, 2.24) is 0 Å². The summed E-state index contributed by atoms with van der Waals surface area (Å²) in [6, 6.07) is 12.9. The van der Waals surface area contributed by atoms with E-state index in [1.54, 1.807) is 0 Å². The van der Waals surface area contributed by atoms with Crippen molar-refractivity contribution in [2.24, 2.45) is 0 Å². The Kier molecular flexibility index (Phi) is 2.92. The van der Waals surface area contributed by atoms with Gasteiger partial charge in [0.2, 0.25) is 0 Å². The van der Waals surface area contributed by atoms with Crippen LogP contribution in [-0.2, 0) is 6.18 Å². The minimum absolute atomic E-state index is 0.617. The summed E-state index contributed by atoms with van der Waals surface area (Å²) in [7, 11) is 0. The van der Waals surface area contributed by atoms with Gasteiger partial charge in [0.1, 0.15) is 0 Å². The fraction of sp³-hybridized carbons (Fsp3) is 0.143. The second kappa shape index (κ2) is 4.24. The molecule has 0 aliphatic carbocycles. The number of alkyl halides is 3. The van der Waals surface area contributed by atoms with E-state index >= 15 is 0 Å². The normalized spacial score (nSPS) is 11.5. The molecule has 0 fully saturated rings. The van der Waals surface area contributed by atoms with Crippen LogP contribution < -0.4 is 0 Å². The van der Waals surface area contributed by atoms with Gasteiger partial charge in [0.15, 0.2) is 0 Å². The lowest BCUT2D eigenvalue weighted by atomic mass is 10.0. The van der Waals surface area contributed by atoms with Crippen molar-refractivity contribution in [2.45, 2.75) is 13.1 Å². The van der Waals surface area contributed by atoms with E-state index < -0.39 is 11.7 Å². The maximum atomic E-state index is 12.4. The summed E-state index contributed by atoms with van der Waals surface area (Å²) in [5.41, 5.74) is 2.22. The predicted molar refractivity (Wildman–Crippen MR) is 61.6 cm³/mol. The third-order valence-electron chi connectivity index (χ3n) is 2.60. The number of hydrogen-bond donors (Lipinski definition) is 0. The molecule has 88 valence electrons. The van der Waals surface area contributed by atoms with Crippen molar-refractivity contribution in [1.29, 1.82) is 0 Å². The number of hydrogen-bond acceptors (Lipinski definition) is 0. The van der Waals surface area contributed by atoms with Crippen LogP contribution in [0.1, 0.15) is 11.1 Å². The molecular formula is C14H11F3. The van der Waals surface area contributed by atoms with Gasteiger partial charge in [-0.2, -0.15) is 13.2 Å². The fourth-order valence-corrected chi connectivity index (χ4v) is 1.60. The number of aryl methyl sites for hydroxylation is 1. The van der Waals surface area contributed by atoms with Crippen molar-refractivity contribution in [2.75, 3.05) is 0 Å². The summed E-state index contributed by atoms with van der Waals surface area (Å²) in [4.78, 5) is 0. The Hall–Kier alpha value is -1.77. The third kappa shape index (κ3) is 2.67. The highest BCUT2D eigenvalue weighted by Crippen LogP contribution is 2.30. The van der Waals surface area contributed by atoms with Crippen LogP contribution in [0, 0.1) is 6.92 Å². The van der Waals surface area contributed by atoms with Gasteiger partial charge in [0.25, 0.3) is 0 Å². The summed E-state index contributed by atoms with van der Waals surface area (Å²) < 4.78 is 37.1. The molecule has 2 aromatic carbocycles.